The van der Waals surface area contributed by atoms with Crippen LogP contribution in [0.4, 0.5) is 5.69 Å². The predicted octanol–water partition coefficient (Wildman–Crippen LogP) is 4.19. The molecule has 0 bridgehead atoms. The first-order valence-electron chi connectivity index (χ1n) is 9.56. The van der Waals surface area contributed by atoms with Gasteiger partial charge in [0.1, 0.15) is 11.8 Å². The summed E-state index contributed by atoms with van der Waals surface area (Å²) in [6.45, 7) is 1.76. The molecule has 0 saturated heterocycles. The number of aryl methyl sites for hydroxylation is 1. The molecule has 31 heavy (non-hydrogen) atoms. The van der Waals surface area contributed by atoms with E-state index in [0.29, 0.717) is 22.0 Å². The first kappa shape index (κ1) is 22.8. The number of carbonyl (C=O) groups excluding carboxylic acids is 1. The second-order valence-electron chi connectivity index (χ2n) is 6.99. The van der Waals surface area contributed by atoms with Crippen LogP contribution in [-0.2, 0) is 21.2 Å². The summed E-state index contributed by atoms with van der Waals surface area (Å²) in [4.78, 5) is 13.0. The summed E-state index contributed by atoms with van der Waals surface area (Å²) in [5, 5.41) is 3.29. The molecule has 3 rings (SSSR count). The van der Waals surface area contributed by atoms with Crippen molar-refractivity contribution in [1.82, 2.24) is 4.72 Å². The highest BCUT2D eigenvalue weighted by atomic mass is 35.5. The SMILES string of the molecule is COc1ccc(S(=O)(=O)NC(Cc2ccccc2)C(=O)Nc2ccc(Cl)cc2)cc1C. The number of sulfonamides is 1. The largest absolute Gasteiger partial charge is 0.496 e. The first-order chi connectivity index (χ1) is 14.8. The Morgan fingerprint density at radius 2 is 1.71 bits per heavy atom. The molecule has 1 atom stereocenters. The minimum absolute atomic E-state index is 0.0585. The standard InChI is InChI=1S/C23H23ClN2O4S/c1-16-14-20(12-13-22(16)30-2)31(28,29)26-21(15-17-6-4-3-5-7-17)23(27)25-19-10-8-18(24)9-11-19/h3-14,21,26H,15H2,1-2H3,(H,25,27). The Hall–Kier alpha value is -2.87. The number of hydrogen-bond donors (Lipinski definition) is 2. The highest BCUT2D eigenvalue weighted by Gasteiger charge is 2.26. The maximum absolute atomic E-state index is 13.0. The number of amides is 1. The Labute approximate surface area is 187 Å². The van der Waals surface area contributed by atoms with Gasteiger partial charge >= 0.3 is 0 Å². The summed E-state index contributed by atoms with van der Waals surface area (Å²) < 4.78 is 33.8. The molecule has 0 aromatic heterocycles. The van der Waals surface area contributed by atoms with E-state index in [9.17, 15) is 13.2 Å². The van der Waals surface area contributed by atoms with Crippen LogP contribution in [0.5, 0.6) is 5.75 Å². The van der Waals surface area contributed by atoms with Gasteiger partial charge in [0, 0.05) is 10.7 Å². The Balaban J connectivity index is 1.87. The smallest absolute Gasteiger partial charge is 0.242 e. The minimum Gasteiger partial charge on any atom is -0.496 e. The highest BCUT2D eigenvalue weighted by Crippen LogP contribution is 2.22. The van der Waals surface area contributed by atoms with Gasteiger partial charge in [0.15, 0.2) is 0 Å². The van der Waals surface area contributed by atoms with E-state index in [2.05, 4.69) is 10.0 Å². The first-order valence-corrected chi connectivity index (χ1v) is 11.4. The van der Waals surface area contributed by atoms with Crippen LogP contribution in [0.3, 0.4) is 0 Å². The topological polar surface area (TPSA) is 84.5 Å². The van der Waals surface area contributed by atoms with Gasteiger partial charge < -0.3 is 10.1 Å². The molecular formula is C23H23ClN2O4S. The summed E-state index contributed by atoms with van der Waals surface area (Å²) >= 11 is 5.89. The van der Waals surface area contributed by atoms with Crippen molar-refractivity contribution < 1.29 is 17.9 Å². The van der Waals surface area contributed by atoms with Crippen molar-refractivity contribution in [3.63, 3.8) is 0 Å². The van der Waals surface area contributed by atoms with E-state index in [1.807, 2.05) is 30.3 Å². The summed E-state index contributed by atoms with van der Waals surface area (Å²) in [5.41, 5.74) is 2.02. The van der Waals surface area contributed by atoms with Gasteiger partial charge in [-0.2, -0.15) is 4.72 Å². The molecule has 1 unspecified atom stereocenters. The fraction of sp³-hybridized carbons (Fsp3) is 0.174. The van der Waals surface area contributed by atoms with Crippen molar-refractivity contribution >= 4 is 33.2 Å². The number of anilines is 1. The molecule has 0 fully saturated rings. The quantitative estimate of drug-likeness (QED) is 0.530. The molecule has 0 heterocycles. The van der Waals surface area contributed by atoms with E-state index in [4.69, 9.17) is 16.3 Å². The van der Waals surface area contributed by atoms with Crippen LogP contribution in [0.15, 0.2) is 77.7 Å². The molecule has 8 heteroatoms. The second kappa shape index (κ2) is 9.96. The lowest BCUT2D eigenvalue weighted by Gasteiger charge is -2.19. The van der Waals surface area contributed by atoms with Gasteiger partial charge in [-0.05, 0) is 66.9 Å². The average molecular weight is 459 g/mol. The monoisotopic (exact) mass is 458 g/mol. The third-order valence-electron chi connectivity index (χ3n) is 4.68. The summed E-state index contributed by atoms with van der Waals surface area (Å²) in [5.74, 6) is 0.111. The molecule has 1 amide bonds. The maximum atomic E-state index is 13.0. The van der Waals surface area contributed by atoms with Crippen molar-refractivity contribution in [2.24, 2.45) is 0 Å². The number of hydrogen-bond acceptors (Lipinski definition) is 4. The second-order valence-corrected chi connectivity index (χ2v) is 9.14. The molecule has 6 nitrogen and oxygen atoms in total. The molecule has 0 saturated carbocycles. The van der Waals surface area contributed by atoms with Crippen LogP contribution in [0.25, 0.3) is 0 Å². The van der Waals surface area contributed by atoms with E-state index in [-0.39, 0.29) is 11.3 Å². The molecule has 0 aliphatic carbocycles. The zero-order chi connectivity index (χ0) is 22.4. The fourth-order valence-corrected chi connectivity index (χ4v) is 4.48. The molecule has 3 aromatic rings. The molecule has 162 valence electrons. The molecule has 3 aromatic carbocycles. The van der Waals surface area contributed by atoms with Crippen LogP contribution in [0.1, 0.15) is 11.1 Å². The summed E-state index contributed by atoms with van der Waals surface area (Å²) in [7, 11) is -2.44. The average Bonchev–Trinajstić information content (AvgIpc) is 2.75. The highest BCUT2D eigenvalue weighted by molar-refractivity contribution is 7.89. The Bertz CT molecular complexity index is 1150. The zero-order valence-electron chi connectivity index (χ0n) is 17.1. The molecule has 2 N–H and O–H groups in total. The van der Waals surface area contributed by atoms with Gasteiger partial charge in [-0.25, -0.2) is 8.42 Å². The lowest BCUT2D eigenvalue weighted by Crippen LogP contribution is -2.45. The number of nitrogens with one attached hydrogen (secondary N) is 2. The lowest BCUT2D eigenvalue weighted by atomic mass is 10.1. The number of halogens is 1. The molecule has 0 radical (unpaired) electrons. The van der Waals surface area contributed by atoms with E-state index in [1.165, 1.54) is 19.2 Å². The van der Waals surface area contributed by atoms with Crippen molar-refractivity contribution in [3.05, 3.63) is 88.9 Å². The van der Waals surface area contributed by atoms with Crippen molar-refractivity contribution in [3.8, 4) is 5.75 Å². The minimum atomic E-state index is -3.96. The van der Waals surface area contributed by atoms with Gasteiger partial charge in [-0.1, -0.05) is 41.9 Å². The van der Waals surface area contributed by atoms with Crippen LogP contribution >= 0.6 is 11.6 Å². The van der Waals surface area contributed by atoms with Gasteiger partial charge in [-0.3, -0.25) is 4.79 Å². The number of carbonyl (C=O) groups is 1. The Morgan fingerprint density at radius 3 is 2.32 bits per heavy atom. The molecule has 0 aliphatic heterocycles. The van der Waals surface area contributed by atoms with Crippen molar-refractivity contribution in [2.45, 2.75) is 24.3 Å². The van der Waals surface area contributed by atoms with Crippen LogP contribution < -0.4 is 14.8 Å². The number of methoxy groups -OCH3 is 1. The number of ether oxygens (including phenoxy) is 1. The summed E-state index contributed by atoms with van der Waals surface area (Å²) in [6, 6.07) is 19.3. The lowest BCUT2D eigenvalue weighted by molar-refractivity contribution is -0.117. The maximum Gasteiger partial charge on any atom is 0.242 e. The van der Waals surface area contributed by atoms with E-state index >= 15 is 0 Å². The third kappa shape index (κ3) is 6.07. The predicted molar refractivity (Wildman–Crippen MR) is 122 cm³/mol. The normalized spacial score (nSPS) is 12.2. The zero-order valence-corrected chi connectivity index (χ0v) is 18.7. The van der Waals surface area contributed by atoms with E-state index in [1.54, 1.807) is 37.3 Å². The van der Waals surface area contributed by atoms with Crippen LogP contribution in [0, 0.1) is 6.92 Å². The molecular weight excluding hydrogens is 436 g/mol. The van der Waals surface area contributed by atoms with Gasteiger partial charge in [0.2, 0.25) is 15.9 Å². The Kier molecular flexibility index (Phi) is 7.33. The van der Waals surface area contributed by atoms with Gasteiger partial charge in [0.05, 0.1) is 12.0 Å². The van der Waals surface area contributed by atoms with Crippen LogP contribution in [-0.4, -0.2) is 27.5 Å². The van der Waals surface area contributed by atoms with Gasteiger partial charge in [0.25, 0.3) is 0 Å². The van der Waals surface area contributed by atoms with Gasteiger partial charge in [-0.15, -0.1) is 0 Å². The Morgan fingerprint density at radius 1 is 1.03 bits per heavy atom. The van der Waals surface area contributed by atoms with Crippen LogP contribution in [0.2, 0.25) is 5.02 Å². The molecule has 0 aliphatic rings. The van der Waals surface area contributed by atoms with Crippen molar-refractivity contribution in [1.29, 1.82) is 0 Å². The third-order valence-corrected chi connectivity index (χ3v) is 6.41. The summed E-state index contributed by atoms with van der Waals surface area (Å²) in [6.07, 6.45) is 0.189. The van der Waals surface area contributed by atoms with E-state index in [0.717, 1.165) is 5.56 Å². The number of rotatable bonds is 8. The van der Waals surface area contributed by atoms with Crippen molar-refractivity contribution in [2.75, 3.05) is 12.4 Å². The fourth-order valence-electron chi connectivity index (χ4n) is 3.07. The van der Waals surface area contributed by atoms with E-state index < -0.39 is 22.0 Å². The number of benzene rings is 3. The molecule has 0 spiro atoms.